The number of benzene rings is 1. The topological polar surface area (TPSA) is 69.8 Å². The van der Waals surface area contributed by atoms with E-state index in [4.69, 9.17) is 0 Å². The van der Waals surface area contributed by atoms with Crippen LogP contribution in [0.25, 0.3) is 11.0 Å². The zero-order valence-corrected chi connectivity index (χ0v) is 11.8. The Morgan fingerprint density at radius 1 is 1.24 bits per heavy atom. The van der Waals surface area contributed by atoms with Gasteiger partial charge in [0, 0.05) is 12.6 Å². The van der Waals surface area contributed by atoms with Gasteiger partial charge in [-0.1, -0.05) is 29.8 Å². The Balaban J connectivity index is 1.94. The number of ketones is 1. The summed E-state index contributed by atoms with van der Waals surface area (Å²) in [5.74, 6) is -0.123. The van der Waals surface area contributed by atoms with E-state index in [1.165, 1.54) is 21.8 Å². The van der Waals surface area contributed by atoms with E-state index < -0.39 is 0 Å². The van der Waals surface area contributed by atoms with Crippen molar-refractivity contribution in [3.63, 3.8) is 0 Å². The molecular formula is C15H14N4O2. The van der Waals surface area contributed by atoms with Gasteiger partial charge in [-0.15, -0.1) is 0 Å². The predicted octanol–water partition coefficient (Wildman–Crippen LogP) is 1.32. The Morgan fingerprint density at radius 2 is 1.95 bits per heavy atom. The van der Waals surface area contributed by atoms with Crippen molar-refractivity contribution in [3.8, 4) is 0 Å². The van der Waals surface area contributed by atoms with Gasteiger partial charge < -0.3 is 0 Å². The summed E-state index contributed by atoms with van der Waals surface area (Å²) in [4.78, 5) is 28.7. The lowest BCUT2D eigenvalue weighted by Crippen LogP contribution is -2.24. The fourth-order valence-electron chi connectivity index (χ4n) is 2.16. The van der Waals surface area contributed by atoms with Crippen LogP contribution < -0.4 is 5.56 Å². The first-order chi connectivity index (χ1) is 10.1. The Kier molecular flexibility index (Phi) is 3.13. The molecule has 0 aliphatic carbocycles. The van der Waals surface area contributed by atoms with Gasteiger partial charge in [0.05, 0.1) is 12.7 Å². The quantitative estimate of drug-likeness (QED) is 0.679. The average molecular weight is 282 g/mol. The first-order valence-electron chi connectivity index (χ1n) is 6.53. The van der Waals surface area contributed by atoms with Crippen molar-refractivity contribution in [1.29, 1.82) is 0 Å². The molecular weight excluding hydrogens is 268 g/mol. The van der Waals surface area contributed by atoms with E-state index in [1.54, 1.807) is 19.2 Å². The van der Waals surface area contributed by atoms with Crippen molar-refractivity contribution in [2.24, 2.45) is 7.05 Å². The van der Waals surface area contributed by atoms with E-state index in [2.05, 4.69) is 10.1 Å². The highest BCUT2D eigenvalue weighted by Gasteiger charge is 2.12. The number of aryl methyl sites for hydroxylation is 2. The Hall–Kier alpha value is -2.76. The molecule has 6 heteroatoms. The van der Waals surface area contributed by atoms with Crippen LogP contribution in [0.4, 0.5) is 0 Å². The Labute approximate surface area is 120 Å². The molecule has 0 aliphatic heterocycles. The van der Waals surface area contributed by atoms with E-state index >= 15 is 0 Å². The van der Waals surface area contributed by atoms with Crippen molar-refractivity contribution >= 4 is 16.8 Å². The lowest BCUT2D eigenvalue weighted by molar-refractivity contribution is 0.0970. The third kappa shape index (κ3) is 2.35. The van der Waals surface area contributed by atoms with E-state index in [-0.39, 0.29) is 17.9 Å². The highest BCUT2D eigenvalue weighted by Crippen LogP contribution is 2.06. The summed E-state index contributed by atoms with van der Waals surface area (Å²) in [7, 11) is 1.72. The first-order valence-corrected chi connectivity index (χ1v) is 6.53. The summed E-state index contributed by atoms with van der Waals surface area (Å²) in [5, 5.41) is 4.41. The van der Waals surface area contributed by atoms with Crippen molar-refractivity contribution in [1.82, 2.24) is 19.3 Å². The minimum Gasteiger partial charge on any atom is -0.292 e. The normalized spacial score (nSPS) is 11.0. The van der Waals surface area contributed by atoms with Gasteiger partial charge in [0.1, 0.15) is 11.7 Å². The fourth-order valence-corrected chi connectivity index (χ4v) is 2.16. The van der Waals surface area contributed by atoms with Gasteiger partial charge in [-0.25, -0.2) is 4.98 Å². The molecule has 0 fully saturated rings. The summed E-state index contributed by atoms with van der Waals surface area (Å²) < 4.78 is 2.84. The monoisotopic (exact) mass is 282 g/mol. The molecule has 0 unspecified atom stereocenters. The van der Waals surface area contributed by atoms with Crippen LogP contribution in [0.3, 0.4) is 0 Å². The van der Waals surface area contributed by atoms with E-state index in [0.29, 0.717) is 16.6 Å². The molecule has 0 spiro atoms. The molecule has 6 nitrogen and oxygen atoms in total. The maximum atomic E-state index is 12.3. The minimum absolute atomic E-state index is 0.0280. The van der Waals surface area contributed by atoms with Crippen LogP contribution >= 0.6 is 0 Å². The van der Waals surface area contributed by atoms with Gasteiger partial charge in [0.2, 0.25) is 0 Å². The van der Waals surface area contributed by atoms with Gasteiger partial charge in [0.25, 0.3) is 5.56 Å². The van der Waals surface area contributed by atoms with Crippen LogP contribution in [0, 0.1) is 6.92 Å². The maximum Gasteiger partial charge on any atom is 0.264 e. The van der Waals surface area contributed by atoms with Crippen LogP contribution in [0.5, 0.6) is 0 Å². The second-order valence-electron chi connectivity index (χ2n) is 4.97. The van der Waals surface area contributed by atoms with Crippen molar-refractivity contribution < 1.29 is 4.79 Å². The molecule has 3 aromatic rings. The number of Topliss-reactive ketones (excluding diaryl/α,β-unsaturated/α-hetero) is 1. The summed E-state index contributed by atoms with van der Waals surface area (Å²) in [6, 6.07) is 7.27. The molecule has 0 aliphatic rings. The summed E-state index contributed by atoms with van der Waals surface area (Å²) >= 11 is 0. The smallest absolute Gasteiger partial charge is 0.264 e. The zero-order chi connectivity index (χ0) is 15.0. The van der Waals surface area contributed by atoms with Crippen LogP contribution in [0.1, 0.15) is 15.9 Å². The molecule has 106 valence electrons. The van der Waals surface area contributed by atoms with Gasteiger partial charge in [-0.05, 0) is 6.92 Å². The molecule has 1 aromatic carbocycles. The maximum absolute atomic E-state index is 12.3. The molecule has 3 rings (SSSR count). The molecule has 0 amide bonds. The number of carbonyl (C=O) groups excluding carboxylic acids is 1. The van der Waals surface area contributed by atoms with Gasteiger partial charge >= 0.3 is 0 Å². The highest BCUT2D eigenvalue weighted by atomic mass is 16.1. The number of rotatable bonds is 3. The standard InChI is InChI=1S/C15H14N4O2/c1-10-3-5-11(6-4-10)13(20)8-19-9-16-14-12(15(19)21)7-17-18(14)2/h3-7,9H,8H2,1-2H3. The number of carbonyl (C=O) groups is 1. The third-order valence-corrected chi connectivity index (χ3v) is 3.41. The van der Waals surface area contributed by atoms with Gasteiger partial charge in [-0.2, -0.15) is 5.10 Å². The molecule has 2 heterocycles. The lowest BCUT2D eigenvalue weighted by Gasteiger charge is -2.05. The van der Waals surface area contributed by atoms with Crippen LogP contribution in [0.2, 0.25) is 0 Å². The van der Waals surface area contributed by atoms with Crippen LogP contribution in [-0.4, -0.2) is 25.1 Å². The zero-order valence-electron chi connectivity index (χ0n) is 11.8. The molecule has 21 heavy (non-hydrogen) atoms. The van der Waals surface area contributed by atoms with E-state index in [9.17, 15) is 9.59 Å². The molecule has 0 atom stereocenters. The minimum atomic E-state index is -0.256. The predicted molar refractivity (Wildman–Crippen MR) is 78.3 cm³/mol. The SMILES string of the molecule is Cc1ccc(C(=O)Cn2cnc3c(cnn3C)c2=O)cc1. The lowest BCUT2D eigenvalue weighted by atomic mass is 10.1. The van der Waals surface area contributed by atoms with E-state index in [0.717, 1.165) is 5.56 Å². The molecule has 2 aromatic heterocycles. The van der Waals surface area contributed by atoms with Crippen molar-refractivity contribution in [3.05, 3.63) is 58.3 Å². The third-order valence-electron chi connectivity index (χ3n) is 3.41. The van der Waals surface area contributed by atoms with Crippen molar-refractivity contribution in [2.75, 3.05) is 0 Å². The van der Waals surface area contributed by atoms with Crippen LogP contribution in [-0.2, 0) is 13.6 Å². The fraction of sp³-hybridized carbons (Fsp3) is 0.200. The average Bonchev–Trinajstić information content (AvgIpc) is 2.85. The summed E-state index contributed by atoms with van der Waals surface area (Å²) in [5.41, 5.74) is 1.92. The van der Waals surface area contributed by atoms with Gasteiger partial charge in [0.15, 0.2) is 11.4 Å². The Morgan fingerprint density at radius 3 is 2.67 bits per heavy atom. The Bertz CT molecular complexity index is 875. The number of hydrogen-bond acceptors (Lipinski definition) is 4. The molecule has 0 bridgehead atoms. The molecule has 0 N–H and O–H groups in total. The first kappa shape index (κ1) is 13.2. The molecule has 0 radical (unpaired) electrons. The summed E-state index contributed by atoms with van der Waals surface area (Å²) in [6.07, 6.45) is 2.86. The number of aromatic nitrogens is 4. The van der Waals surface area contributed by atoms with Gasteiger partial charge in [-0.3, -0.25) is 18.8 Å². The summed E-state index contributed by atoms with van der Waals surface area (Å²) in [6.45, 7) is 1.93. The van der Waals surface area contributed by atoms with Crippen molar-refractivity contribution in [2.45, 2.75) is 13.5 Å². The largest absolute Gasteiger partial charge is 0.292 e. The second-order valence-corrected chi connectivity index (χ2v) is 4.97. The molecule has 0 saturated heterocycles. The van der Waals surface area contributed by atoms with Crippen LogP contribution in [0.15, 0.2) is 41.6 Å². The number of nitrogens with zero attached hydrogens (tertiary/aromatic N) is 4. The number of hydrogen-bond donors (Lipinski definition) is 0. The number of fused-ring (bicyclic) bond motifs is 1. The highest BCUT2D eigenvalue weighted by molar-refractivity contribution is 5.96. The van der Waals surface area contributed by atoms with E-state index in [1.807, 2.05) is 19.1 Å². The molecule has 0 saturated carbocycles. The second kappa shape index (κ2) is 4.97.